The van der Waals surface area contributed by atoms with Gasteiger partial charge >= 0.3 is 0 Å². The van der Waals surface area contributed by atoms with Gasteiger partial charge in [-0.2, -0.15) is 0 Å². The molecular weight excluding hydrogens is 200 g/mol. The van der Waals surface area contributed by atoms with Crippen LogP contribution in [0.4, 0.5) is 0 Å². The van der Waals surface area contributed by atoms with Crippen LogP contribution in [0.5, 0.6) is 0 Å². The van der Waals surface area contributed by atoms with E-state index >= 15 is 0 Å². The normalized spacial score (nSPS) is 12.7. The zero-order chi connectivity index (χ0) is 11.3. The summed E-state index contributed by atoms with van der Waals surface area (Å²) in [6.07, 6.45) is 1.95. The Labute approximate surface area is 93.4 Å². The number of H-pyrrole nitrogens is 1. The summed E-state index contributed by atoms with van der Waals surface area (Å²) in [5.74, 6) is 0. The molecule has 0 radical (unpaired) electrons. The number of nitrogens with zero attached hydrogens (tertiary/aromatic N) is 1. The minimum Gasteiger partial charge on any atom is -0.361 e. The van der Waals surface area contributed by atoms with Gasteiger partial charge in [-0.05, 0) is 18.2 Å². The number of hydrogen-bond donors (Lipinski definition) is 1. The Hall–Kier alpha value is -1.77. The lowest BCUT2D eigenvalue weighted by molar-refractivity contribution is 0.419. The Balaban J connectivity index is 2.51. The highest BCUT2D eigenvalue weighted by Crippen LogP contribution is 2.33. The Kier molecular flexibility index (Phi) is 1.70. The Morgan fingerprint density at radius 2 is 2.00 bits per heavy atom. The van der Waals surface area contributed by atoms with Gasteiger partial charge in [-0.1, -0.05) is 25.9 Å². The van der Waals surface area contributed by atoms with Gasteiger partial charge in [0.15, 0.2) is 5.58 Å². The zero-order valence-electron chi connectivity index (χ0n) is 9.66. The Morgan fingerprint density at radius 3 is 2.75 bits per heavy atom. The van der Waals surface area contributed by atoms with Crippen LogP contribution in [-0.2, 0) is 5.41 Å². The van der Waals surface area contributed by atoms with E-state index in [1.807, 2.05) is 18.3 Å². The molecule has 2 heterocycles. The number of aromatic nitrogens is 2. The highest BCUT2D eigenvalue weighted by molar-refractivity contribution is 6.06. The summed E-state index contributed by atoms with van der Waals surface area (Å²) in [5, 5.41) is 6.52. The minimum atomic E-state index is -0.00317. The second-order valence-corrected chi connectivity index (χ2v) is 5.16. The Bertz CT molecular complexity index is 655. The van der Waals surface area contributed by atoms with Crippen LogP contribution in [0.1, 0.15) is 26.5 Å². The monoisotopic (exact) mass is 214 g/mol. The fourth-order valence-electron chi connectivity index (χ4n) is 2.09. The zero-order valence-corrected chi connectivity index (χ0v) is 9.66. The molecule has 0 unspecified atom stereocenters. The van der Waals surface area contributed by atoms with E-state index in [1.165, 1.54) is 5.39 Å². The van der Waals surface area contributed by atoms with E-state index in [0.29, 0.717) is 0 Å². The molecule has 0 amide bonds. The van der Waals surface area contributed by atoms with Crippen LogP contribution in [0, 0.1) is 0 Å². The third-order valence-electron chi connectivity index (χ3n) is 2.88. The minimum absolute atomic E-state index is 0.00317. The first-order valence-electron chi connectivity index (χ1n) is 5.43. The van der Waals surface area contributed by atoms with E-state index in [2.05, 4.69) is 37.0 Å². The number of rotatable bonds is 0. The molecule has 0 atom stereocenters. The van der Waals surface area contributed by atoms with Crippen molar-refractivity contribution in [1.29, 1.82) is 0 Å². The van der Waals surface area contributed by atoms with Crippen molar-refractivity contribution in [3.05, 3.63) is 30.1 Å². The van der Waals surface area contributed by atoms with Gasteiger partial charge < -0.3 is 9.51 Å². The molecule has 1 N–H and O–H groups in total. The van der Waals surface area contributed by atoms with Crippen LogP contribution in [0.15, 0.2) is 28.9 Å². The van der Waals surface area contributed by atoms with Crippen molar-refractivity contribution in [3.8, 4) is 0 Å². The number of aromatic amines is 1. The lowest BCUT2D eigenvalue weighted by Crippen LogP contribution is -2.11. The summed E-state index contributed by atoms with van der Waals surface area (Å²) in [4.78, 5) is 3.21. The maximum absolute atomic E-state index is 5.39. The van der Waals surface area contributed by atoms with Gasteiger partial charge in [0.1, 0.15) is 0 Å². The van der Waals surface area contributed by atoms with Crippen LogP contribution in [0.3, 0.4) is 0 Å². The third-order valence-corrected chi connectivity index (χ3v) is 2.88. The van der Waals surface area contributed by atoms with Crippen molar-refractivity contribution in [2.45, 2.75) is 26.2 Å². The van der Waals surface area contributed by atoms with E-state index in [9.17, 15) is 0 Å². The van der Waals surface area contributed by atoms with Crippen molar-refractivity contribution in [2.24, 2.45) is 0 Å². The average Bonchev–Trinajstić information content (AvgIpc) is 2.81. The SMILES string of the molecule is CC(C)(C)c1noc2ccc3[nH]ccc3c12. The van der Waals surface area contributed by atoms with Crippen LogP contribution in [-0.4, -0.2) is 10.1 Å². The van der Waals surface area contributed by atoms with Crippen LogP contribution in [0.25, 0.3) is 21.9 Å². The first-order valence-corrected chi connectivity index (χ1v) is 5.43. The highest BCUT2D eigenvalue weighted by atomic mass is 16.5. The summed E-state index contributed by atoms with van der Waals surface area (Å²) in [6.45, 7) is 6.45. The molecule has 3 heteroatoms. The molecule has 0 fully saturated rings. The number of hydrogen-bond acceptors (Lipinski definition) is 2. The van der Waals surface area contributed by atoms with E-state index in [-0.39, 0.29) is 5.41 Å². The molecule has 1 aromatic carbocycles. The van der Waals surface area contributed by atoms with Gasteiger partial charge in [0.05, 0.1) is 11.1 Å². The summed E-state index contributed by atoms with van der Waals surface area (Å²) >= 11 is 0. The van der Waals surface area contributed by atoms with Crippen molar-refractivity contribution < 1.29 is 4.52 Å². The molecule has 0 saturated heterocycles. The van der Waals surface area contributed by atoms with E-state index < -0.39 is 0 Å². The lowest BCUT2D eigenvalue weighted by Gasteiger charge is -2.14. The smallest absolute Gasteiger partial charge is 0.167 e. The fraction of sp³-hybridized carbons (Fsp3) is 0.308. The van der Waals surface area contributed by atoms with Gasteiger partial charge in [-0.15, -0.1) is 0 Å². The first kappa shape index (κ1) is 9.46. The Morgan fingerprint density at radius 1 is 1.19 bits per heavy atom. The van der Waals surface area contributed by atoms with Crippen LogP contribution in [0.2, 0.25) is 0 Å². The molecular formula is C13H14N2O. The fourth-order valence-corrected chi connectivity index (χ4v) is 2.09. The van der Waals surface area contributed by atoms with Crippen molar-refractivity contribution in [3.63, 3.8) is 0 Å². The molecule has 0 aliphatic carbocycles. The van der Waals surface area contributed by atoms with Gasteiger partial charge in [0.2, 0.25) is 0 Å². The molecule has 3 aromatic rings. The molecule has 82 valence electrons. The molecule has 0 spiro atoms. The first-order chi connectivity index (χ1) is 7.57. The summed E-state index contributed by atoms with van der Waals surface area (Å²) in [7, 11) is 0. The standard InChI is InChI=1S/C13H14N2O/c1-13(2,3)12-11-8-6-7-14-9(8)4-5-10(11)16-15-12/h4-7,14H,1-3H3. The maximum Gasteiger partial charge on any atom is 0.167 e. The van der Waals surface area contributed by atoms with Crippen LogP contribution >= 0.6 is 0 Å². The third kappa shape index (κ3) is 1.18. The highest BCUT2D eigenvalue weighted by Gasteiger charge is 2.23. The molecule has 16 heavy (non-hydrogen) atoms. The van der Waals surface area contributed by atoms with Crippen molar-refractivity contribution in [2.75, 3.05) is 0 Å². The van der Waals surface area contributed by atoms with Gasteiger partial charge in [-0.3, -0.25) is 0 Å². The number of fused-ring (bicyclic) bond motifs is 3. The quantitative estimate of drug-likeness (QED) is 0.621. The summed E-state index contributed by atoms with van der Waals surface area (Å²) < 4.78 is 5.39. The topological polar surface area (TPSA) is 41.8 Å². The molecule has 0 bridgehead atoms. The average molecular weight is 214 g/mol. The predicted molar refractivity (Wildman–Crippen MR) is 64.6 cm³/mol. The van der Waals surface area contributed by atoms with Gasteiger partial charge in [0, 0.05) is 22.5 Å². The maximum atomic E-state index is 5.39. The number of nitrogens with one attached hydrogen (secondary N) is 1. The summed E-state index contributed by atoms with van der Waals surface area (Å²) in [5.41, 5.74) is 3.00. The molecule has 3 nitrogen and oxygen atoms in total. The van der Waals surface area contributed by atoms with E-state index in [4.69, 9.17) is 4.52 Å². The van der Waals surface area contributed by atoms with E-state index in [1.54, 1.807) is 0 Å². The second-order valence-electron chi connectivity index (χ2n) is 5.16. The molecule has 0 saturated carbocycles. The summed E-state index contributed by atoms with van der Waals surface area (Å²) in [6, 6.07) is 6.07. The largest absolute Gasteiger partial charge is 0.361 e. The van der Waals surface area contributed by atoms with Gasteiger partial charge in [-0.25, -0.2) is 0 Å². The second kappa shape index (κ2) is 2.88. The van der Waals surface area contributed by atoms with Crippen molar-refractivity contribution in [1.82, 2.24) is 10.1 Å². The van der Waals surface area contributed by atoms with Crippen molar-refractivity contribution >= 4 is 21.9 Å². The predicted octanol–water partition coefficient (Wildman–Crippen LogP) is 3.61. The molecule has 3 rings (SSSR count). The van der Waals surface area contributed by atoms with Gasteiger partial charge in [0.25, 0.3) is 0 Å². The molecule has 0 aliphatic rings. The number of benzene rings is 1. The molecule has 0 aliphatic heterocycles. The lowest BCUT2D eigenvalue weighted by atomic mass is 9.89. The van der Waals surface area contributed by atoms with Crippen LogP contribution < -0.4 is 0 Å². The molecule has 2 aromatic heterocycles. The van der Waals surface area contributed by atoms with E-state index in [0.717, 1.165) is 22.2 Å².